The molecular formula is C24H38N6O. The summed E-state index contributed by atoms with van der Waals surface area (Å²) in [5.41, 5.74) is 3.28. The summed E-state index contributed by atoms with van der Waals surface area (Å²) < 4.78 is 1.98. The highest BCUT2D eigenvalue weighted by Crippen LogP contribution is 2.41. The fourth-order valence-corrected chi connectivity index (χ4v) is 4.44. The third-order valence-corrected chi connectivity index (χ3v) is 6.49. The van der Waals surface area contributed by atoms with E-state index in [4.69, 9.17) is 10.1 Å². The van der Waals surface area contributed by atoms with E-state index in [1.165, 1.54) is 0 Å². The van der Waals surface area contributed by atoms with Gasteiger partial charge in [0, 0.05) is 50.9 Å². The maximum atomic E-state index is 13.3. The molecular weight excluding hydrogens is 388 g/mol. The van der Waals surface area contributed by atoms with Crippen molar-refractivity contribution in [3.8, 4) is 0 Å². The van der Waals surface area contributed by atoms with Gasteiger partial charge in [-0.1, -0.05) is 6.92 Å². The Morgan fingerprint density at radius 2 is 1.90 bits per heavy atom. The Balaban J connectivity index is 1.52. The Labute approximate surface area is 186 Å². The van der Waals surface area contributed by atoms with Crippen LogP contribution in [0.1, 0.15) is 68.2 Å². The maximum Gasteiger partial charge on any atom is 0.252 e. The molecule has 7 nitrogen and oxygen atoms in total. The highest BCUT2D eigenvalue weighted by Gasteiger charge is 2.30. The molecule has 0 radical (unpaired) electrons. The van der Waals surface area contributed by atoms with Crippen molar-refractivity contribution in [2.45, 2.75) is 58.9 Å². The molecule has 4 rings (SSSR count). The van der Waals surface area contributed by atoms with Crippen molar-refractivity contribution in [3.63, 3.8) is 0 Å². The van der Waals surface area contributed by atoms with Gasteiger partial charge in [0.15, 0.2) is 5.65 Å². The first kappa shape index (κ1) is 22.2. The molecule has 1 saturated carbocycles. The van der Waals surface area contributed by atoms with Crippen molar-refractivity contribution in [1.29, 1.82) is 0 Å². The third kappa shape index (κ3) is 4.93. The fraction of sp³-hybridized carbons (Fsp3) is 0.708. The van der Waals surface area contributed by atoms with Crippen LogP contribution in [0.25, 0.3) is 11.0 Å². The Kier molecular flexibility index (Phi) is 6.10. The van der Waals surface area contributed by atoms with Gasteiger partial charge in [0.1, 0.15) is 0 Å². The second kappa shape index (κ2) is 8.51. The molecule has 0 bridgehead atoms. The van der Waals surface area contributed by atoms with Gasteiger partial charge in [-0.25, -0.2) is 9.67 Å². The first-order chi connectivity index (χ1) is 14.6. The van der Waals surface area contributed by atoms with E-state index in [1.807, 2.05) is 17.7 Å². The summed E-state index contributed by atoms with van der Waals surface area (Å²) in [6.45, 7) is 16.7. The molecule has 1 N–H and O–H groups in total. The van der Waals surface area contributed by atoms with Crippen LogP contribution in [0.3, 0.4) is 0 Å². The number of rotatable bonds is 6. The van der Waals surface area contributed by atoms with Gasteiger partial charge < -0.3 is 15.1 Å². The van der Waals surface area contributed by atoms with Gasteiger partial charge in [0.05, 0.1) is 22.2 Å². The Morgan fingerprint density at radius 1 is 1.23 bits per heavy atom. The number of nitrogens with one attached hydrogen (secondary N) is 1. The second-order valence-corrected chi connectivity index (χ2v) is 10.7. The van der Waals surface area contributed by atoms with Crippen LogP contribution < -0.4 is 5.32 Å². The minimum absolute atomic E-state index is 0.00362. The van der Waals surface area contributed by atoms with E-state index in [0.717, 1.165) is 73.6 Å². The smallest absolute Gasteiger partial charge is 0.252 e. The monoisotopic (exact) mass is 426 g/mol. The van der Waals surface area contributed by atoms with Crippen molar-refractivity contribution >= 4 is 16.9 Å². The molecule has 31 heavy (non-hydrogen) atoms. The van der Waals surface area contributed by atoms with Crippen molar-refractivity contribution in [1.82, 2.24) is 29.9 Å². The summed E-state index contributed by atoms with van der Waals surface area (Å²) in [5, 5.41) is 8.87. The zero-order chi connectivity index (χ0) is 22.3. The summed E-state index contributed by atoms with van der Waals surface area (Å²) in [6.07, 6.45) is 2.31. The number of carbonyl (C=O) groups is 1. The fourth-order valence-electron chi connectivity index (χ4n) is 4.44. The normalized spacial score (nSPS) is 19.7. The number of amides is 1. The number of pyridine rings is 1. The molecule has 1 aliphatic heterocycles. The van der Waals surface area contributed by atoms with Crippen LogP contribution >= 0.6 is 0 Å². The number of hydrogen-bond donors (Lipinski definition) is 1. The van der Waals surface area contributed by atoms with E-state index in [0.29, 0.717) is 18.4 Å². The van der Waals surface area contributed by atoms with Crippen molar-refractivity contribution in [3.05, 3.63) is 23.0 Å². The van der Waals surface area contributed by atoms with Crippen molar-refractivity contribution in [2.24, 2.45) is 5.92 Å². The average Bonchev–Trinajstić information content (AvgIpc) is 3.50. The molecule has 170 valence electrons. The molecule has 0 aromatic carbocycles. The number of hydrogen-bond acceptors (Lipinski definition) is 5. The summed E-state index contributed by atoms with van der Waals surface area (Å²) >= 11 is 0. The van der Waals surface area contributed by atoms with E-state index in [9.17, 15) is 4.79 Å². The highest BCUT2D eigenvalue weighted by molar-refractivity contribution is 6.06. The van der Waals surface area contributed by atoms with E-state index in [-0.39, 0.29) is 11.4 Å². The van der Waals surface area contributed by atoms with Crippen LogP contribution in [-0.4, -0.2) is 76.8 Å². The first-order valence-corrected chi connectivity index (χ1v) is 11.7. The Hall–Kier alpha value is -1.99. The van der Waals surface area contributed by atoms with E-state index in [2.05, 4.69) is 49.9 Å². The lowest BCUT2D eigenvalue weighted by Gasteiger charge is -2.33. The van der Waals surface area contributed by atoms with Gasteiger partial charge in [0.25, 0.3) is 5.91 Å². The Morgan fingerprint density at radius 3 is 2.52 bits per heavy atom. The van der Waals surface area contributed by atoms with E-state index >= 15 is 0 Å². The number of nitrogens with zero attached hydrogens (tertiary/aromatic N) is 5. The Bertz CT molecular complexity index is 947. The molecule has 2 aromatic rings. The van der Waals surface area contributed by atoms with Crippen molar-refractivity contribution < 1.29 is 4.79 Å². The summed E-state index contributed by atoms with van der Waals surface area (Å²) in [5.74, 6) is 0.887. The number of aromatic nitrogens is 3. The molecule has 7 heteroatoms. The number of fused-ring (bicyclic) bond motifs is 1. The van der Waals surface area contributed by atoms with Gasteiger partial charge in [0.2, 0.25) is 0 Å². The average molecular weight is 427 g/mol. The number of aryl methyl sites for hydroxylation is 1. The molecule has 1 aliphatic carbocycles. The number of likely N-dealkylation sites (N-methyl/N-ethyl adjacent to an activating group) is 1. The number of piperazine rings is 1. The zero-order valence-corrected chi connectivity index (χ0v) is 20.0. The maximum absolute atomic E-state index is 13.3. The number of carbonyl (C=O) groups excluding carboxylic acids is 1. The van der Waals surface area contributed by atoms with Gasteiger partial charge >= 0.3 is 0 Å². The lowest BCUT2D eigenvalue weighted by molar-refractivity contribution is 0.0939. The molecule has 0 unspecified atom stereocenters. The van der Waals surface area contributed by atoms with Crippen LogP contribution in [0.4, 0.5) is 0 Å². The molecule has 1 amide bonds. The van der Waals surface area contributed by atoms with Gasteiger partial charge in [-0.3, -0.25) is 4.79 Å². The summed E-state index contributed by atoms with van der Waals surface area (Å²) in [6, 6.07) is 2.02. The zero-order valence-electron chi connectivity index (χ0n) is 20.0. The van der Waals surface area contributed by atoms with Crippen LogP contribution in [0, 0.1) is 12.8 Å². The van der Waals surface area contributed by atoms with Gasteiger partial charge in [-0.05, 0) is 59.6 Å². The first-order valence-electron chi connectivity index (χ1n) is 11.7. The van der Waals surface area contributed by atoms with Crippen LogP contribution in [-0.2, 0) is 5.54 Å². The molecule has 3 heterocycles. The lowest BCUT2D eigenvalue weighted by atomic mass is 10.1. The topological polar surface area (TPSA) is 66.3 Å². The SMILES string of the molecule is Cc1nn(C(C)(C)C)c2nc(C3CC3)cc(C(=O)NC[C@@H](C)CN3CCN(C)CC3)c12. The minimum atomic E-state index is -0.188. The van der Waals surface area contributed by atoms with Gasteiger partial charge in [-0.15, -0.1) is 0 Å². The molecule has 2 aromatic heterocycles. The third-order valence-electron chi connectivity index (χ3n) is 6.49. The van der Waals surface area contributed by atoms with Gasteiger partial charge in [-0.2, -0.15) is 5.10 Å². The predicted octanol–water partition coefficient (Wildman–Crippen LogP) is 2.99. The molecule has 2 fully saturated rings. The quantitative estimate of drug-likeness (QED) is 0.769. The van der Waals surface area contributed by atoms with Crippen LogP contribution in [0.15, 0.2) is 6.07 Å². The lowest BCUT2D eigenvalue weighted by Crippen LogP contribution is -2.46. The molecule has 1 saturated heterocycles. The summed E-state index contributed by atoms with van der Waals surface area (Å²) in [4.78, 5) is 23.1. The van der Waals surface area contributed by atoms with E-state index in [1.54, 1.807) is 0 Å². The second-order valence-electron chi connectivity index (χ2n) is 10.7. The predicted molar refractivity (Wildman–Crippen MR) is 125 cm³/mol. The van der Waals surface area contributed by atoms with Crippen molar-refractivity contribution in [2.75, 3.05) is 46.3 Å². The van der Waals surface area contributed by atoms with Crippen LogP contribution in [0.5, 0.6) is 0 Å². The molecule has 2 aliphatic rings. The van der Waals surface area contributed by atoms with Crippen LogP contribution in [0.2, 0.25) is 0 Å². The largest absolute Gasteiger partial charge is 0.352 e. The highest BCUT2D eigenvalue weighted by atomic mass is 16.1. The molecule has 0 spiro atoms. The molecule has 1 atom stereocenters. The standard InChI is InChI=1S/C24H38N6O/c1-16(15-29-11-9-28(6)10-12-29)14-25-23(31)19-13-20(18-7-8-18)26-22-21(19)17(2)27-30(22)24(3,4)5/h13,16,18H,7-12,14-15H2,1-6H3,(H,25,31)/t16-/m1/s1. The summed E-state index contributed by atoms with van der Waals surface area (Å²) in [7, 11) is 2.18. The minimum Gasteiger partial charge on any atom is -0.352 e. The van der Waals surface area contributed by atoms with E-state index < -0.39 is 0 Å².